The van der Waals surface area contributed by atoms with E-state index in [1.165, 1.54) is 24.3 Å². The fraction of sp³-hybridized carbons (Fsp3) is 0.286. The Hall–Kier alpha value is -2.93. The summed E-state index contributed by atoms with van der Waals surface area (Å²) < 4.78 is 12.9. The maximum absolute atomic E-state index is 12.9. The summed E-state index contributed by atoms with van der Waals surface area (Å²) in [6, 6.07) is 12.2. The molecule has 152 valence electrons. The van der Waals surface area contributed by atoms with Gasteiger partial charge < -0.3 is 4.90 Å². The fourth-order valence-corrected chi connectivity index (χ4v) is 3.34. The van der Waals surface area contributed by atoms with Crippen LogP contribution in [0.5, 0.6) is 0 Å². The van der Waals surface area contributed by atoms with Crippen LogP contribution in [0, 0.1) is 11.7 Å². The van der Waals surface area contributed by atoms with E-state index in [0.29, 0.717) is 35.5 Å². The summed E-state index contributed by atoms with van der Waals surface area (Å²) >= 11 is 5.86. The molecule has 2 aromatic rings. The molecule has 3 rings (SSSR count). The van der Waals surface area contributed by atoms with Crippen LogP contribution < -0.4 is 10.9 Å². The van der Waals surface area contributed by atoms with Gasteiger partial charge in [0.2, 0.25) is 11.8 Å². The standard InChI is InChI=1S/C21H21ClFN3O3/c22-17-7-5-15(6-8-17)21(29)26-11-1-2-16(13-26)20(28)25-24-19(27)12-14-3-9-18(23)10-4-14/h3-10,16H,1-2,11-13H2,(H,24,27)(H,25,28). The third kappa shape index (κ3) is 5.77. The number of rotatable bonds is 4. The van der Waals surface area contributed by atoms with Gasteiger partial charge in [0, 0.05) is 23.7 Å². The molecule has 0 aliphatic carbocycles. The fourth-order valence-electron chi connectivity index (χ4n) is 3.22. The number of hydrogen-bond donors (Lipinski definition) is 2. The molecule has 2 N–H and O–H groups in total. The summed E-state index contributed by atoms with van der Waals surface area (Å²) in [6.45, 7) is 0.850. The van der Waals surface area contributed by atoms with Crippen LogP contribution in [0.2, 0.25) is 5.02 Å². The first kappa shape index (κ1) is 20.8. The lowest BCUT2D eigenvalue weighted by molar-refractivity contribution is -0.131. The van der Waals surface area contributed by atoms with Gasteiger partial charge in [0.25, 0.3) is 5.91 Å². The van der Waals surface area contributed by atoms with Crippen LogP contribution in [0.25, 0.3) is 0 Å². The first-order valence-corrected chi connectivity index (χ1v) is 9.68. The Labute approximate surface area is 173 Å². The minimum atomic E-state index is -0.411. The van der Waals surface area contributed by atoms with Crippen molar-refractivity contribution in [2.75, 3.05) is 13.1 Å². The molecule has 1 saturated heterocycles. The number of carbonyl (C=O) groups is 3. The lowest BCUT2D eigenvalue weighted by Gasteiger charge is -2.32. The Morgan fingerprint density at radius 2 is 1.72 bits per heavy atom. The molecule has 1 unspecified atom stereocenters. The second-order valence-corrected chi connectivity index (χ2v) is 7.37. The number of halogens is 2. The topological polar surface area (TPSA) is 78.5 Å². The molecule has 29 heavy (non-hydrogen) atoms. The zero-order valence-electron chi connectivity index (χ0n) is 15.7. The van der Waals surface area contributed by atoms with E-state index < -0.39 is 11.8 Å². The van der Waals surface area contributed by atoms with E-state index in [9.17, 15) is 18.8 Å². The van der Waals surface area contributed by atoms with E-state index in [4.69, 9.17) is 11.6 Å². The quantitative estimate of drug-likeness (QED) is 0.751. The number of nitrogens with zero attached hydrogens (tertiary/aromatic N) is 1. The molecule has 1 aliphatic rings. The van der Waals surface area contributed by atoms with Crippen LogP contribution in [0.3, 0.4) is 0 Å². The van der Waals surface area contributed by atoms with Crippen LogP contribution in [0.4, 0.5) is 4.39 Å². The summed E-state index contributed by atoms with van der Waals surface area (Å²) in [6.07, 6.45) is 1.34. The van der Waals surface area contributed by atoms with Crippen molar-refractivity contribution in [2.45, 2.75) is 19.3 Å². The molecule has 0 bridgehead atoms. The highest BCUT2D eigenvalue weighted by Crippen LogP contribution is 2.19. The Kier molecular flexibility index (Phi) is 6.82. The van der Waals surface area contributed by atoms with E-state index in [1.54, 1.807) is 29.2 Å². The number of benzene rings is 2. The molecule has 0 aromatic heterocycles. The van der Waals surface area contributed by atoms with Gasteiger partial charge in [0.1, 0.15) is 5.82 Å². The van der Waals surface area contributed by atoms with Crippen molar-refractivity contribution in [3.63, 3.8) is 0 Å². The molecule has 2 aromatic carbocycles. The summed E-state index contributed by atoms with van der Waals surface area (Å²) in [4.78, 5) is 38.7. The summed E-state index contributed by atoms with van der Waals surface area (Å²) in [5.41, 5.74) is 5.95. The van der Waals surface area contributed by atoms with Crippen LogP contribution in [0.1, 0.15) is 28.8 Å². The molecule has 1 atom stereocenters. The molecule has 1 aliphatic heterocycles. The molecule has 0 radical (unpaired) electrons. The van der Waals surface area contributed by atoms with Crippen molar-refractivity contribution >= 4 is 29.3 Å². The average Bonchev–Trinajstić information content (AvgIpc) is 2.74. The van der Waals surface area contributed by atoms with Crippen molar-refractivity contribution < 1.29 is 18.8 Å². The minimum Gasteiger partial charge on any atom is -0.338 e. The van der Waals surface area contributed by atoms with Gasteiger partial charge in [-0.05, 0) is 54.8 Å². The first-order valence-electron chi connectivity index (χ1n) is 9.30. The van der Waals surface area contributed by atoms with Crippen molar-refractivity contribution in [2.24, 2.45) is 5.92 Å². The predicted octanol–water partition coefficient (Wildman–Crippen LogP) is 2.72. The zero-order chi connectivity index (χ0) is 20.8. The molecule has 0 spiro atoms. The minimum absolute atomic E-state index is 0.0202. The highest BCUT2D eigenvalue weighted by Gasteiger charge is 2.29. The molecule has 1 fully saturated rings. The van der Waals surface area contributed by atoms with Crippen molar-refractivity contribution in [3.05, 3.63) is 70.5 Å². The molecule has 6 nitrogen and oxygen atoms in total. The SMILES string of the molecule is O=C(Cc1ccc(F)cc1)NNC(=O)C1CCCN(C(=O)c2ccc(Cl)cc2)C1. The van der Waals surface area contributed by atoms with Gasteiger partial charge in [-0.25, -0.2) is 4.39 Å². The molecule has 8 heteroatoms. The van der Waals surface area contributed by atoms with Crippen molar-refractivity contribution in [1.29, 1.82) is 0 Å². The normalized spacial score (nSPS) is 16.2. The maximum Gasteiger partial charge on any atom is 0.253 e. The van der Waals surface area contributed by atoms with Gasteiger partial charge in [-0.1, -0.05) is 23.7 Å². The third-order valence-corrected chi connectivity index (χ3v) is 5.03. The monoisotopic (exact) mass is 417 g/mol. The molecular formula is C21H21ClFN3O3. The van der Waals surface area contributed by atoms with E-state index in [-0.39, 0.29) is 30.6 Å². The summed E-state index contributed by atoms with van der Waals surface area (Å²) in [7, 11) is 0. The highest BCUT2D eigenvalue weighted by atomic mass is 35.5. The Morgan fingerprint density at radius 3 is 2.41 bits per heavy atom. The van der Waals surface area contributed by atoms with E-state index >= 15 is 0 Å². The average molecular weight is 418 g/mol. The number of likely N-dealkylation sites (tertiary alicyclic amines) is 1. The van der Waals surface area contributed by atoms with Crippen LogP contribution in [-0.2, 0) is 16.0 Å². The number of amides is 3. The van der Waals surface area contributed by atoms with Gasteiger partial charge in [-0.15, -0.1) is 0 Å². The Balaban J connectivity index is 1.50. The van der Waals surface area contributed by atoms with Crippen LogP contribution in [-0.4, -0.2) is 35.7 Å². The summed E-state index contributed by atoms with van der Waals surface area (Å²) in [5, 5.41) is 0.550. The van der Waals surface area contributed by atoms with Gasteiger partial charge in [0.15, 0.2) is 0 Å². The molecule has 1 heterocycles. The van der Waals surface area contributed by atoms with Crippen molar-refractivity contribution in [1.82, 2.24) is 15.8 Å². The second kappa shape index (κ2) is 9.52. The van der Waals surface area contributed by atoms with Crippen molar-refractivity contribution in [3.8, 4) is 0 Å². The smallest absolute Gasteiger partial charge is 0.253 e. The zero-order valence-corrected chi connectivity index (χ0v) is 16.4. The number of carbonyl (C=O) groups excluding carboxylic acids is 3. The molecular weight excluding hydrogens is 397 g/mol. The Bertz CT molecular complexity index is 887. The highest BCUT2D eigenvalue weighted by molar-refractivity contribution is 6.30. The number of hydrogen-bond acceptors (Lipinski definition) is 3. The van der Waals surface area contributed by atoms with Crippen LogP contribution in [0.15, 0.2) is 48.5 Å². The Morgan fingerprint density at radius 1 is 1.03 bits per heavy atom. The number of hydrazine groups is 1. The number of piperidine rings is 1. The predicted molar refractivity (Wildman–Crippen MR) is 106 cm³/mol. The van der Waals surface area contributed by atoms with Gasteiger partial charge in [-0.3, -0.25) is 25.2 Å². The summed E-state index contributed by atoms with van der Waals surface area (Å²) in [5.74, 6) is -1.69. The van der Waals surface area contributed by atoms with Gasteiger partial charge in [0.05, 0.1) is 12.3 Å². The van der Waals surface area contributed by atoms with Gasteiger partial charge >= 0.3 is 0 Å². The third-order valence-electron chi connectivity index (χ3n) is 4.77. The molecule has 3 amide bonds. The second-order valence-electron chi connectivity index (χ2n) is 6.94. The molecule has 0 saturated carbocycles. The van der Waals surface area contributed by atoms with E-state index in [0.717, 1.165) is 0 Å². The van der Waals surface area contributed by atoms with E-state index in [2.05, 4.69) is 10.9 Å². The lowest BCUT2D eigenvalue weighted by atomic mass is 9.96. The maximum atomic E-state index is 12.9. The van der Waals surface area contributed by atoms with E-state index in [1.807, 2.05) is 0 Å². The number of nitrogens with one attached hydrogen (secondary N) is 2. The van der Waals surface area contributed by atoms with Gasteiger partial charge in [-0.2, -0.15) is 0 Å². The van der Waals surface area contributed by atoms with Crippen LogP contribution >= 0.6 is 11.6 Å². The lowest BCUT2D eigenvalue weighted by Crippen LogP contribution is -2.50. The first-order chi connectivity index (χ1) is 13.9. The largest absolute Gasteiger partial charge is 0.338 e.